The molecule has 0 amide bonds. The van der Waals surface area contributed by atoms with E-state index in [2.05, 4.69) is 0 Å². The lowest BCUT2D eigenvalue weighted by molar-refractivity contribution is 0.0378. The summed E-state index contributed by atoms with van der Waals surface area (Å²) in [5, 5.41) is 0. The maximum absolute atomic E-state index is 11.6. The Morgan fingerprint density at radius 2 is 2.00 bits per heavy atom. The third-order valence-electron chi connectivity index (χ3n) is 2.06. The fraction of sp³-hybridized carbons (Fsp3) is 0.462. The van der Waals surface area contributed by atoms with Crippen molar-refractivity contribution in [3.63, 3.8) is 0 Å². The number of esters is 1. The van der Waals surface area contributed by atoms with Gasteiger partial charge in [0.05, 0.1) is 11.7 Å². The van der Waals surface area contributed by atoms with Gasteiger partial charge in [-0.3, -0.25) is 0 Å². The third kappa shape index (κ3) is 5.24. The molecule has 0 aliphatic rings. The van der Waals surface area contributed by atoms with Crippen molar-refractivity contribution < 1.29 is 9.53 Å². The number of ether oxygens (including phenoxy) is 1. The molecule has 3 nitrogen and oxygen atoms in total. The summed E-state index contributed by atoms with van der Waals surface area (Å²) in [6, 6.07) is 7.53. The standard InChI is InChI=1S/C13H19NO2S/c1-10(2)16-13(15)12-5-3-11(4-6-12)9-17-8-7-14/h3-6,10H,7-9,14H2,1-2H3. The molecule has 17 heavy (non-hydrogen) atoms. The van der Waals surface area contributed by atoms with E-state index in [1.165, 1.54) is 5.56 Å². The van der Waals surface area contributed by atoms with E-state index in [1.54, 1.807) is 11.8 Å². The van der Waals surface area contributed by atoms with Crippen LogP contribution >= 0.6 is 11.8 Å². The van der Waals surface area contributed by atoms with Crippen molar-refractivity contribution in [3.05, 3.63) is 35.4 Å². The second kappa shape index (κ2) is 7.35. The predicted molar refractivity (Wildman–Crippen MR) is 72.2 cm³/mol. The smallest absolute Gasteiger partial charge is 0.338 e. The number of hydrogen-bond donors (Lipinski definition) is 1. The van der Waals surface area contributed by atoms with Gasteiger partial charge < -0.3 is 10.5 Å². The highest BCUT2D eigenvalue weighted by molar-refractivity contribution is 7.98. The van der Waals surface area contributed by atoms with Crippen molar-refractivity contribution in [3.8, 4) is 0 Å². The minimum atomic E-state index is -0.263. The SMILES string of the molecule is CC(C)OC(=O)c1ccc(CSCCN)cc1. The highest BCUT2D eigenvalue weighted by Crippen LogP contribution is 2.13. The first-order chi connectivity index (χ1) is 8.13. The van der Waals surface area contributed by atoms with Crippen LogP contribution in [0.3, 0.4) is 0 Å². The van der Waals surface area contributed by atoms with E-state index in [9.17, 15) is 4.79 Å². The van der Waals surface area contributed by atoms with Crippen LogP contribution in [0, 0.1) is 0 Å². The molecule has 0 fully saturated rings. The molecule has 0 saturated heterocycles. The first-order valence-corrected chi connectivity index (χ1v) is 6.86. The molecule has 4 heteroatoms. The Hall–Kier alpha value is -1.00. The molecular formula is C13H19NO2S. The molecule has 0 aromatic heterocycles. The maximum Gasteiger partial charge on any atom is 0.338 e. The Bertz CT molecular complexity index is 349. The molecule has 2 N–H and O–H groups in total. The molecule has 0 aliphatic heterocycles. The van der Waals surface area contributed by atoms with E-state index >= 15 is 0 Å². The van der Waals surface area contributed by atoms with Gasteiger partial charge in [-0.05, 0) is 31.5 Å². The number of thioether (sulfide) groups is 1. The number of benzene rings is 1. The number of nitrogens with two attached hydrogens (primary N) is 1. The summed E-state index contributed by atoms with van der Waals surface area (Å²) in [6.07, 6.45) is -0.0812. The van der Waals surface area contributed by atoms with E-state index in [4.69, 9.17) is 10.5 Å². The van der Waals surface area contributed by atoms with Crippen LogP contribution in [0.15, 0.2) is 24.3 Å². The first kappa shape index (κ1) is 14.1. The molecule has 1 rings (SSSR count). The van der Waals surface area contributed by atoms with Gasteiger partial charge in [-0.1, -0.05) is 12.1 Å². The molecule has 0 aliphatic carbocycles. The van der Waals surface area contributed by atoms with Gasteiger partial charge in [0.25, 0.3) is 0 Å². The lowest BCUT2D eigenvalue weighted by Crippen LogP contribution is -2.11. The van der Waals surface area contributed by atoms with Gasteiger partial charge in [0.2, 0.25) is 0 Å². The van der Waals surface area contributed by atoms with Gasteiger partial charge in [0.15, 0.2) is 0 Å². The highest BCUT2D eigenvalue weighted by Gasteiger charge is 2.08. The monoisotopic (exact) mass is 253 g/mol. The van der Waals surface area contributed by atoms with E-state index in [0.29, 0.717) is 12.1 Å². The summed E-state index contributed by atoms with van der Waals surface area (Å²) in [4.78, 5) is 11.6. The number of hydrogen-bond acceptors (Lipinski definition) is 4. The van der Waals surface area contributed by atoms with E-state index < -0.39 is 0 Å². The fourth-order valence-electron chi connectivity index (χ4n) is 1.29. The van der Waals surface area contributed by atoms with Crippen LogP contribution in [-0.2, 0) is 10.5 Å². The van der Waals surface area contributed by atoms with Gasteiger partial charge in [-0.25, -0.2) is 4.79 Å². The molecule has 0 unspecified atom stereocenters. The molecular weight excluding hydrogens is 234 g/mol. The third-order valence-corrected chi connectivity index (χ3v) is 3.13. The average Bonchev–Trinajstić information content (AvgIpc) is 2.29. The molecule has 1 aromatic carbocycles. The highest BCUT2D eigenvalue weighted by atomic mass is 32.2. The largest absolute Gasteiger partial charge is 0.459 e. The second-order valence-electron chi connectivity index (χ2n) is 3.99. The molecule has 0 bridgehead atoms. The van der Waals surface area contributed by atoms with Gasteiger partial charge in [0.1, 0.15) is 0 Å². The average molecular weight is 253 g/mol. The topological polar surface area (TPSA) is 52.3 Å². The summed E-state index contributed by atoms with van der Waals surface area (Å²) in [5.41, 5.74) is 7.22. The van der Waals surface area contributed by atoms with Crippen LogP contribution in [0.1, 0.15) is 29.8 Å². The van der Waals surface area contributed by atoms with E-state index in [1.807, 2.05) is 38.1 Å². The summed E-state index contributed by atoms with van der Waals surface area (Å²) in [7, 11) is 0. The van der Waals surface area contributed by atoms with Crippen LogP contribution in [0.5, 0.6) is 0 Å². The van der Waals surface area contributed by atoms with Crippen LogP contribution in [0.4, 0.5) is 0 Å². The van der Waals surface area contributed by atoms with Gasteiger partial charge in [-0.2, -0.15) is 11.8 Å². The lowest BCUT2D eigenvalue weighted by atomic mass is 10.1. The number of rotatable bonds is 6. The van der Waals surface area contributed by atoms with Crippen molar-refractivity contribution >= 4 is 17.7 Å². The summed E-state index contributed by atoms with van der Waals surface area (Å²) in [5.74, 6) is 1.62. The van der Waals surface area contributed by atoms with Gasteiger partial charge in [-0.15, -0.1) is 0 Å². The Labute approximate surface area is 107 Å². The summed E-state index contributed by atoms with van der Waals surface area (Å²) in [6.45, 7) is 4.38. The number of carbonyl (C=O) groups excluding carboxylic acids is 1. The minimum absolute atomic E-state index is 0.0812. The maximum atomic E-state index is 11.6. The summed E-state index contributed by atoms with van der Waals surface area (Å²) < 4.78 is 5.11. The zero-order chi connectivity index (χ0) is 12.7. The van der Waals surface area contributed by atoms with Gasteiger partial charge in [0, 0.05) is 18.1 Å². The van der Waals surface area contributed by atoms with Crippen LogP contribution < -0.4 is 5.73 Å². The second-order valence-corrected chi connectivity index (χ2v) is 5.10. The minimum Gasteiger partial charge on any atom is -0.459 e. The molecule has 0 spiro atoms. The Morgan fingerprint density at radius 1 is 1.35 bits per heavy atom. The Morgan fingerprint density at radius 3 is 2.53 bits per heavy atom. The van der Waals surface area contributed by atoms with Crippen molar-refractivity contribution in [1.29, 1.82) is 0 Å². The number of carbonyl (C=O) groups is 1. The van der Waals surface area contributed by atoms with Crippen LogP contribution in [0.25, 0.3) is 0 Å². The molecule has 0 saturated carbocycles. The van der Waals surface area contributed by atoms with Crippen molar-refractivity contribution in [2.75, 3.05) is 12.3 Å². The van der Waals surface area contributed by atoms with Crippen molar-refractivity contribution in [2.45, 2.75) is 25.7 Å². The summed E-state index contributed by atoms with van der Waals surface area (Å²) >= 11 is 1.79. The first-order valence-electron chi connectivity index (χ1n) is 5.71. The molecule has 94 valence electrons. The quantitative estimate of drug-likeness (QED) is 0.625. The van der Waals surface area contributed by atoms with Crippen molar-refractivity contribution in [1.82, 2.24) is 0 Å². The molecule has 0 atom stereocenters. The normalized spacial score (nSPS) is 10.6. The van der Waals surface area contributed by atoms with Crippen LogP contribution in [0.2, 0.25) is 0 Å². The van der Waals surface area contributed by atoms with Gasteiger partial charge >= 0.3 is 5.97 Å². The fourth-order valence-corrected chi connectivity index (χ4v) is 2.03. The zero-order valence-electron chi connectivity index (χ0n) is 10.3. The molecule has 0 heterocycles. The van der Waals surface area contributed by atoms with Crippen LogP contribution in [-0.4, -0.2) is 24.4 Å². The lowest BCUT2D eigenvalue weighted by Gasteiger charge is -2.08. The molecule has 0 radical (unpaired) electrons. The van der Waals surface area contributed by atoms with E-state index in [0.717, 1.165) is 11.5 Å². The zero-order valence-corrected chi connectivity index (χ0v) is 11.1. The Balaban J connectivity index is 2.52. The van der Waals surface area contributed by atoms with E-state index in [-0.39, 0.29) is 12.1 Å². The van der Waals surface area contributed by atoms with Crippen molar-refractivity contribution in [2.24, 2.45) is 5.73 Å². The molecule has 1 aromatic rings. The Kier molecular flexibility index (Phi) is 6.08. The predicted octanol–water partition coefficient (Wildman–Crippen LogP) is 2.44.